The first-order valence-electron chi connectivity index (χ1n) is 6.36. The molecule has 1 heterocycles. The van der Waals surface area contributed by atoms with Crippen molar-refractivity contribution in [3.8, 4) is 23.3 Å². The molecule has 1 aromatic heterocycles. The van der Waals surface area contributed by atoms with Crippen LogP contribution in [0.1, 0.15) is 11.1 Å². The standard InChI is InChI=1S/C15H10Cl2N4OS/c16-11-3-1-2-8(13(11)17)12-9(6-18)14(20)21-15(10(12)7-19)23-5-4-22/h1-3,22H,4-5H2,(H2,20,21). The normalized spacial score (nSPS) is 10.1. The van der Waals surface area contributed by atoms with Gasteiger partial charge in [-0.15, -0.1) is 11.8 Å². The molecule has 0 radical (unpaired) electrons. The molecule has 2 aromatic rings. The first-order valence-corrected chi connectivity index (χ1v) is 8.11. The van der Waals surface area contributed by atoms with Crippen LogP contribution in [0, 0.1) is 22.7 Å². The molecule has 0 amide bonds. The summed E-state index contributed by atoms with van der Waals surface area (Å²) in [7, 11) is 0. The predicted molar refractivity (Wildman–Crippen MR) is 91.3 cm³/mol. The molecule has 0 saturated heterocycles. The van der Waals surface area contributed by atoms with Crippen LogP contribution in [0.15, 0.2) is 23.2 Å². The van der Waals surface area contributed by atoms with Gasteiger partial charge in [-0.05, 0) is 6.07 Å². The van der Waals surface area contributed by atoms with Crippen molar-refractivity contribution in [2.45, 2.75) is 5.03 Å². The van der Waals surface area contributed by atoms with Gasteiger partial charge in [-0.25, -0.2) is 4.98 Å². The Labute approximate surface area is 147 Å². The van der Waals surface area contributed by atoms with Crippen LogP contribution in [0.3, 0.4) is 0 Å². The van der Waals surface area contributed by atoms with Gasteiger partial charge in [0, 0.05) is 16.9 Å². The highest BCUT2D eigenvalue weighted by Crippen LogP contribution is 2.40. The molecule has 0 atom stereocenters. The number of hydrogen-bond donors (Lipinski definition) is 2. The maximum atomic E-state index is 9.54. The number of hydrogen-bond acceptors (Lipinski definition) is 6. The summed E-state index contributed by atoms with van der Waals surface area (Å²) in [6, 6.07) is 8.95. The minimum atomic E-state index is -0.0790. The van der Waals surface area contributed by atoms with E-state index in [-0.39, 0.29) is 28.6 Å². The van der Waals surface area contributed by atoms with Crippen LogP contribution in [0.5, 0.6) is 0 Å². The Bertz CT molecular complexity index is 843. The van der Waals surface area contributed by atoms with Gasteiger partial charge in [0.05, 0.1) is 22.2 Å². The number of nitrogens with two attached hydrogens (primary N) is 1. The van der Waals surface area contributed by atoms with Crippen molar-refractivity contribution in [1.82, 2.24) is 4.98 Å². The fourth-order valence-electron chi connectivity index (χ4n) is 2.01. The molecule has 1 aromatic carbocycles. The number of thioether (sulfide) groups is 1. The lowest BCUT2D eigenvalue weighted by Crippen LogP contribution is -2.04. The van der Waals surface area contributed by atoms with E-state index >= 15 is 0 Å². The number of aromatic nitrogens is 1. The van der Waals surface area contributed by atoms with Gasteiger partial charge in [-0.2, -0.15) is 10.5 Å². The number of halogens is 2. The SMILES string of the molecule is N#Cc1c(N)nc(SCCO)c(C#N)c1-c1cccc(Cl)c1Cl. The molecular weight excluding hydrogens is 355 g/mol. The number of nitrogens with zero attached hydrogens (tertiary/aromatic N) is 3. The Hall–Kier alpha value is -1.96. The lowest BCUT2D eigenvalue weighted by molar-refractivity contribution is 0.322. The monoisotopic (exact) mass is 364 g/mol. The fraction of sp³-hybridized carbons (Fsp3) is 0.133. The number of aliphatic hydroxyl groups excluding tert-OH is 1. The third-order valence-corrected chi connectivity index (χ3v) is 4.74. The Balaban J connectivity index is 2.84. The minimum absolute atomic E-state index is 0.00187. The van der Waals surface area contributed by atoms with Gasteiger partial charge in [0.2, 0.25) is 0 Å². The number of nitriles is 2. The second kappa shape index (κ2) is 7.54. The van der Waals surface area contributed by atoms with Gasteiger partial charge in [0.1, 0.15) is 28.5 Å². The Morgan fingerprint density at radius 1 is 1.22 bits per heavy atom. The van der Waals surface area contributed by atoms with Gasteiger partial charge in [-0.3, -0.25) is 0 Å². The number of nitrogen functional groups attached to an aromatic ring is 1. The van der Waals surface area contributed by atoms with Gasteiger partial charge in [0.25, 0.3) is 0 Å². The Morgan fingerprint density at radius 3 is 2.52 bits per heavy atom. The summed E-state index contributed by atoms with van der Waals surface area (Å²) in [5.74, 6) is 0.341. The number of rotatable bonds is 4. The van der Waals surface area contributed by atoms with Crippen LogP contribution in [-0.2, 0) is 0 Å². The van der Waals surface area contributed by atoms with Crippen LogP contribution >= 0.6 is 35.0 Å². The van der Waals surface area contributed by atoms with E-state index in [1.807, 2.05) is 12.1 Å². The number of anilines is 1. The molecule has 23 heavy (non-hydrogen) atoms. The summed E-state index contributed by atoms with van der Waals surface area (Å²) >= 11 is 13.4. The van der Waals surface area contributed by atoms with Gasteiger partial charge in [0.15, 0.2) is 0 Å². The average Bonchev–Trinajstić information content (AvgIpc) is 2.54. The second-order valence-electron chi connectivity index (χ2n) is 4.32. The molecule has 0 spiro atoms. The highest BCUT2D eigenvalue weighted by atomic mass is 35.5. The van der Waals surface area contributed by atoms with E-state index in [2.05, 4.69) is 4.98 Å². The summed E-state index contributed by atoms with van der Waals surface area (Å²) in [6.45, 7) is -0.0790. The van der Waals surface area contributed by atoms with Crippen molar-refractivity contribution in [3.05, 3.63) is 39.4 Å². The van der Waals surface area contributed by atoms with E-state index in [0.717, 1.165) is 0 Å². The zero-order valence-electron chi connectivity index (χ0n) is 11.7. The molecule has 0 bridgehead atoms. The van der Waals surface area contributed by atoms with Gasteiger partial charge in [-0.1, -0.05) is 35.3 Å². The van der Waals surface area contributed by atoms with Crippen molar-refractivity contribution in [1.29, 1.82) is 10.5 Å². The second-order valence-corrected chi connectivity index (χ2v) is 6.19. The summed E-state index contributed by atoms with van der Waals surface area (Å²) in [5, 5.41) is 28.8. The van der Waals surface area contributed by atoms with Crippen LogP contribution in [0.25, 0.3) is 11.1 Å². The van der Waals surface area contributed by atoms with Crippen LogP contribution in [0.4, 0.5) is 5.82 Å². The first-order chi connectivity index (χ1) is 11.0. The summed E-state index contributed by atoms with van der Waals surface area (Å²) in [4.78, 5) is 4.10. The van der Waals surface area contributed by atoms with Crippen molar-refractivity contribution in [2.75, 3.05) is 18.1 Å². The Kier molecular flexibility index (Phi) is 5.70. The van der Waals surface area contributed by atoms with E-state index in [9.17, 15) is 10.5 Å². The molecule has 3 N–H and O–H groups in total. The fourth-order valence-corrected chi connectivity index (χ4v) is 3.15. The third kappa shape index (κ3) is 3.36. The molecule has 0 fully saturated rings. The van der Waals surface area contributed by atoms with E-state index in [4.69, 9.17) is 34.0 Å². The maximum absolute atomic E-state index is 9.54. The smallest absolute Gasteiger partial charge is 0.143 e. The molecule has 0 aliphatic rings. The molecule has 8 heteroatoms. The number of pyridine rings is 1. The van der Waals surface area contributed by atoms with Crippen LogP contribution in [-0.4, -0.2) is 22.5 Å². The third-order valence-electron chi connectivity index (χ3n) is 2.97. The molecular formula is C15H10Cl2N4OS. The van der Waals surface area contributed by atoms with Crippen molar-refractivity contribution in [2.24, 2.45) is 0 Å². The first kappa shape index (κ1) is 17.4. The zero-order valence-corrected chi connectivity index (χ0v) is 14.0. The summed E-state index contributed by atoms with van der Waals surface area (Å²) < 4.78 is 0. The summed E-state index contributed by atoms with van der Waals surface area (Å²) in [5.41, 5.74) is 6.84. The van der Waals surface area contributed by atoms with E-state index in [0.29, 0.717) is 26.9 Å². The largest absolute Gasteiger partial charge is 0.396 e. The average molecular weight is 365 g/mol. The predicted octanol–water partition coefficient (Wildman–Crippen LogP) is 3.47. The molecule has 0 saturated carbocycles. The highest BCUT2D eigenvalue weighted by molar-refractivity contribution is 7.99. The zero-order chi connectivity index (χ0) is 17.0. The minimum Gasteiger partial charge on any atom is -0.396 e. The maximum Gasteiger partial charge on any atom is 0.143 e. The van der Waals surface area contributed by atoms with Crippen LogP contribution in [0.2, 0.25) is 10.0 Å². The summed E-state index contributed by atoms with van der Waals surface area (Å²) in [6.07, 6.45) is 0. The highest BCUT2D eigenvalue weighted by Gasteiger charge is 2.22. The molecule has 0 aliphatic heterocycles. The number of aliphatic hydroxyl groups is 1. The molecule has 0 aliphatic carbocycles. The van der Waals surface area contributed by atoms with E-state index in [1.165, 1.54) is 11.8 Å². The van der Waals surface area contributed by atoms with Crippen molar-refractivity contribution < 1.29 is 5.11 Å². The number of benzene rings is 1. The molecule has 2 rings (SSSR count). The van der Waals surface area contributed by atoms with Crippen LogP contribution < -0.4 is 5.73 Å². The van der Waals surface area contributed by atoms with Crippen molar-refractivity contribution in [3.63, 3.8) is 0 Å². The molecule has 5 nitrogen and oxygen atoms in total. The topological polar surface area (TPSA) is 107 Å². The lowest BCUT2D eigenvalue weighted by atomic mass is 9.97. The van der Waals surface area contributed by atoms with Gasteiger partial charge >= 0.3 is 0 Å². The molecule has 0 unspecified atom stereocenters. The molecule has 116 valence electrons. The Morgan fingerprint density at radius 2 is 1.91 bits per heavy atom. The van der Waals surface area contributed by atoms with E-state index < -0.39 is 0 Å². The van der Waals surface area contributed by atoms with Gasteiger partial charge < -0.3 is 10.8 Å². The van der Waals surface area contributed by atoms with E-state index in [1.54, 1.807) is 18.2 Å². The quantitative estimate of drug-likeness (QED) is 0.804. The van der Waals surface area contributed by atoms with Crippen molar-refractivity contribution >= 4 is 40.8 Å². The lowest BCUT2D eigenvalue weighted by Gasteiger charge is -2.14.